The fourth-order valence-electron chi connectivity index (χ4n) is 3.54. The molecule has 6 nitrogen and oxygen atoms in total. The van der Waals surface area contributed by atoms with Gasteiger partial charge in [0.2, 0.25) is 5.91 Å². The summed E-state index contributed by atoms with van der Waals surface area (Å²) in [6.07, 6.45) is 2.96. The maximum Gasteiger partial charge on any atom is 0.341 e. The fourth-order valence-corrected chi connectivity index (χ4v) is 4.84. The normalized spacial score (nSPS) is 18.2. The zero-order chi connectivity index (χ0) is 17.8. The van der Waals surface area contributed by atoms with Gasteiger partial charge < -0.3 is 15.0 Å². The maximum absolute atomic E-state index is 12.5. The van der Waals surface area contributed by atoms with Crippen LogP contribution in [0.2, 0.25) is 0 Å². The SMILES string of the molecule is CCOC(=O)c1c(NC(=O)CN2CCN(CC)CC2)sc2c1CCC2. The molecule has 7 heteroatoms. The smallest absolute Gasteiger partial charge is 0.341 e. The molecule has 1 aromatic heterocycles. The first kappa shape index (κ1) is 18.4. The first-order valence-electron chi connectivity index (χ1n) is 9.18. The van der Waals surface area contributed by atoms with E-state index in [1.807, 2.05) is 0 Å². The van der Waals surface area contributed by atoms with Crippen molar-refractivity contribution in [1.29, 1.82) is 0 Å². The van der Waals surface area contributed by atoms with Crippen molar-refractivity contribution in [2.45, 2.75) is 33.1 Å². The van der Waals surface area contributed by atoms with Crippen LogP contribution in [0, 0.1) is 0 Å². The Labute approximate surface area is 153 Å². The van der Waals surface area contributed by atoms with Crippen LogP contribution in [0.1, 0.15) is 41.1 Å². The van der Waals surface area contributed by atoms with Crippen LogP contribution in [0.25, 0.3) is 0 Å². The van der Waals surface area contributed by atoms with Gasteiger partial charge in [-0.25, -0.2) is 4.79 Å². The van der Waals surface area contributed by atoms with Gasteiger partial charge in [0.15, 0.2) is 0 Å². The summed E-state index contributed by atoms with van der Waals surface area (Å²) in [5.41, 5.74) is 1.67. The summed E-state index contributed by atoms with van der Waals surface area (Å²) >= 11 is 1.54. The molecule has 2 heterocycles. The number of thiophene rings is 1. The minimum absolute atomic E-state index is 0.0459. The van der Waals surface area contributed by atoms with Gasteiger partial charge in [0, 0.05) is 31.1 Å². The van der Waals surface area contributed by atoms with Gasteiger partial charge in [-0.1, -0.05) is 6.92 Å². The molecular formula is C18H27N3O3S. The van der Waals surface area contributed by atoms with E-state index in [2.05, 4.69) is 22.0 Å². The molecule has 1 saturated heterocycles. The molecule has 0 atom stereocenters. The number of carbonyl (C=O) groups is 2. The number of fused-ring (bicyclic) bond motifs is 1. The molecule has 25 heavy (non-hydrogen) atoms. The molecule has 0 saturated carbocycles. The van der Waals surface area contributed by atoms with Crippen LogP contribution in [0.3, 0.4) is 0 Å². The van der Waals surface area contributed by atoms with Gasteiger partial charge in [0.05, 0.1) is 18.7 Å². The standard InChI is InChI=1S/C18H27N3O3S/c1-3-20-8-10-21(11-9-20)12-15(22)19-17-16(18(23)24-4-2)13-6-5-7-14(13)25-17/h3-12H2,1-2H3,(H,19,22). The summed E-state index contributed by atoms with van der Waals surface area (Å²) in [4.78, 5) is 30.6. The monoisotopic (exact) mass is 365 g/mol. The first-order valence-corrected chi connectivity index (χ1v) is 10.00. The molecule has 1 aliphatic heterocycles. The predicted octanol–water partition coefficient (Wildman–Crippen LogP) is 1.99. The molecule has 1 fully saturated rings. The van der Waals surface area contributed by atoms with Gasteiger partial charge in [-0.15, -0.1) is 11.3 Å². The molecule has 1 N–H and O–H groups in total. The lowest BCUT2D eigenvalue weighted by molar-refractivity contribution is -0.117. The number of anilines is 1. The second-order valence-electron chi connectivity index (χ2n) is 6.54. The molecule has 0 bridgehead atoms. The highest BCUT2D eigenvalue weighted by Gasteiger charge is 2.28. The van der Waals surface area contributed by atoms with Crippen molar-refractivity contribution in [3.8, 4) is 0 Å². The van der Waals surface area contributed by atoms with E-state index in [9.17, 15) is 9.59 Å². The van der Waals surface area contributed by atoms with Gasteiger partial charge in [-0.2, -0.15) is 0 Å². The van der Waals surface area contributed by atoms with Crippen molar-refractivity contribution in [2.24, 2.45) is 0 Å². The van der Waals surface area contributed by atoms with Gasteiger partial charge in [-0.3, -0.25) is 9.69 Å². The number of likely N-dealkylation sites (N-methyl/N-ethyl adjacent to an activating group) is 1. The third-order valence-corrected chi connectivity index (χ3v) is 6.14. The van der Waals surface area contributed by atoms with E-state index in [1.165, 1.54) is 16.2 Å². The number of hydrogen-bond acceptors (Lipinski definition) is 6. The molecule has 0 aromatic carbocycles. The zero-order valence-electron chi connectivity index (χ0n) is 15.1. The van der Waals surface area contributed by atoms with Crippen molar-refractivity contribution in [3.05, 3.63) is 16.0 Å². The minimum Gasteiger partial charge on any atom is -0.462 e. The van der Waals surface area contributed by atoms with E-state index in [4.69, 9.17) is 4.74 Å². The van der Waals surface area contributed by atoms with Gasteiger partial charge >= 0.3 is 5.97 Å². The largest absolute Gasteiger partial charge is 0.462 e. The van der Waals surface area contributed by atoms with E-state index in [-0.39, 0.29) is 11.9 Å². The summed E-state index contributed by atoms with van der Waals surface area (Å²) in [5.74, 6) is -0.357. The Kier molecular flexibility index (Phi) is 6.09. The summed E-state index contributed by atoms with van der Waals surface area (Å²) in [5, 5.41) is 3.64. The molecule has 3 rings (SSSR count). The second kappa shape index (κ2) is 8.29. The molecule has 1 aromatic rings. The number of esters is 1. The molecule has 0 unspecified atom stereocenters. The Hall–Kier alpha value is -1.44. The quantitative estimate of drug-likeness (QED) is 0.781. The third-order valence-electron chi connectivity index (χ3n) is 4.93. The highest BCUT2D eigenvalue weighted by Crippen LogP contribution is 2.39. The Morgan fingerprint density at radius 3 is 2.52 bits per heavy atom. The molecule has 0 spiro atoms. The fraction of sp³-hybridized carbons (Fsp3) is 0.667. The number of hydrogen-bond donors (Lipinski definition) is 1. The lowest BCUT2D eigenvalue weighted by Gasteiger charge is -2.33. The van der Waals surface area contributed by atoms with Crippen LogP contribution < -0.4 is 5.32 Å². The van der Waals surface area contributed by atoms with Crippen molar-refractivity contribution in [1.82, 2.24) is 9.80 Å². The van der Waals surface area contributed by atoms with E-state index >= 15 is 0 Å². The second-order valence-corrected chi connectivity index (χ2v) is 7.65. The lowest BCUT2D eigenvalue weighted by Crippen LogP contribution is -2.48. The first-order chi connectivity index (χ1) is 12.1. The summed E-state index contributed by atoms with van der Waals surface area (Å²) in [6, 6.07) is 0. The van der Waals surface area contributed by atoms with Crippen molar-refractivity contribution in [3.63, 3.8) is 0 Å². The van der Waals surface area contributed by atoms with E-state index in [1.54, 1.807) is 6.92 Å². The summed E-state index contributed by atoms with van der Waals surface area (Å²) in [7, 11) is 0. The number of ether oxygens (including phenoxy) is 1. The number of carbonyl (C=O) groups excluding carboxylic acids is 2. The van der Waals surface area contributed by atoms with E-state index < -0.39 is 0 Å². The van der Waals surface area contributed by atoms with Crippen molar-refractivity contribution in [2.75, 3.05) is 51.2 Å². The van der Waals surface area contributed by atoms with Crippen LogP contribution in [-0.2, 0) is 22.4 Å². The van der Waals surface area contributed by atoms with Gasteiger partial charge in [0.25, 0.3) is 0 Å². The number of nitrogens with one attached hydrogen (secondary N) is 1. The van der Waals surface area contributed by atoms with E-state index in [0.717, 1.165) is 57.5 Å². The number of rotatable bonds is 6. The molecule has 138 valence electrons. The Bertz CT molecular complexity index is 636. The summed E-state index contributed by atoms with van der Waals surface area (Å²) < 4.78 is 5.21. The number of amides is 1. The Morgan fingerprint density at radius 1 is 1.12 bits per heavy atom. The predicted molar refractivity (Wildman–Crippen MR) is 99.5 cm³/mol. The molecule has 2 aliphatic rings. The Balaban J connectivity index is 1.64. The van der Waals surface area contributed by atoms with Gasteiger partial charge in [-0.05, 0) is 38.3 Å². The number of piperazine rings is 1. The average Bonchev–Trinajstić information content (AvgIpc) is 3.16. The van der Waals surface area contributed by atoms with E-state index in [0.29, 0.717) is 23.7 Å². The lowest BCUT2D eigenvalue weighted by atomic mass is 10.1. The minimum atomic E-state index is -0.311. The topological polar surface area (TPSA) is 61.9 Å². The maximum atomic E-state index is 12.5. The van der Waals surface area contributed by atoms with Crippen LogP contribution in [-0.4, -0.2) is 67.6 Å². The average molecular weight is 365 g/mol. The molecule has 1 amide bonds. The van der Waals surface area contributed by atoms with Crippen LogP contribution in [0.4, 0.5) is 5.00 Å². The zero-order valence-corrected chi connectivity index (χ0v) is 15.9. The highest BCUT2D eigenvalue weighted by molar-refractivity contribution is 7.17. The third kappa shape index (κ3) is 4.22. The summed E-state index contributed by atoms with van der Waals surface area (Å²) in [6.45, 7) is 9.58. The number of aryl methyl sites for hydroxylation is 1. The van der Waals surface area contributed by atoms with Crippen molar-refractivity contribution >= 4 is 28.2 Å². The number of nitrogens with zero attached hydrogens (tertiary/aromatic N) is 2. The molecule has 0 radical (unpaired) electrons. The van der Waals surface area contributed by atoms with Crippen LogP contribution >= 0.6 is 11.3 Å². The van der Waals surface area contributed by atoms with Gasteiger partial charge in [0.1, 0.15) is 5.00 Å². The van der Waals surface area contributed by atoms with Crippen LogP contribution in [0.5, 0.6) is 0 Å². The highest BCUT2D eigenvalue weighted by atomic mass is 32.1. The van der Waals surface area contributed by atoms with Crippen molar-refractivity contribution < 1.29 is 14.3 Å². The van der Waals surface area contributed by atoms with Crippen LogP contribution in [0.15, 0.2) is 0 Å². The molecular weight excluding hydrogens is 338 g/mol. The Morgan fingerprint density at radius 2 is 1.84 bits per heavy atom. The molecule has 1 aliphatic carbocycles.